The lowest BCUT2D eigenvalue weighted by Gasteiger charge is -2.20. The van der Waals surface area contributed by atoms with Crippen molar-refractivity contribution in [1.82, 2.24) is 0 Å². The molecule has 0 radical (unpaired) electrons. The van der Waals surface area contributed by atoms with Gasteiger partial charge in [0, 0.05) is 0 Å². The second-order valence-corrected chi connectivity index (χ2v) is 6.95. The molecule has 128 valence electrons. The minimum atomic E-state index is -0.705. The van der Waals surface area contributed by atoms with Gasteiger partial charge in [-0.05, 0) is 40.2 Å². The molecule has 1 amide bonds. The predicted octanol–water partition coefficient (Wildman–Crippen LogP) is 3.37. The fourth-order valence-corrected chi connectivity index (χ4v) is 2.90. The molecule has 23 heavy (non-hydrogen) atoms. The number of alkyl halides is 1. The van der Waals surface area contributed by atoms with Gasteiger partial charge in [-0.2, -0.15) is 0 Å². The fourth-order valence-electron chi connectivity index (χ4n) is 1.73. The van der Waals surface area contributed by atoms with Crippen molar-refractivity contribution in [1.29, 1.82) is 0 Å². The third-order valence-corrected chi connectivity index (χ3v) is 4.01. The minimum Gasteiger partial charge on any atom is -0.462 e. The van der Waals surface area contributed by atoms with Crippen LogP contribution in [0.2, 0.25) is 0 Å². The summed E-state index contributed by atoms with van der Waals surface area (Å²) in [5, 5.41) is 2.75. The van der Waals surface area contributed by atoms with Gasteiger partial charge in [0.05, 0.1) is 12.2 Å². The highest BCUT2D eigenvalue weighted by Crippen LogP contribution is 2.35. The number of anilines is 1. The SMILES string of the molecule is CCOC(=O)c1sc(NC(=O)CCl)c(C(=O)OC(C)(C)C)c1C. The van der Waals surface area contributed by atoms with Crippen molar-refractivity contribution in [2.75, 3.05) is 17.8 Å². The van der Waals surface area contributed by atoms with E-state index in [-0.39, 0.29) is 27.9 Å². The van der Waals surface area contributed by atoms with E-state index in [1.807, 2.05) is 0 Å². The smallest absolute Gasteiger partial charge is 0.348 e. The molecule has 1 aromatic heterocycles. The molecule has 0 aliphatic rings. The van der Waals surface area contributed by atoms with E-state index in [4.69, 9.17) is 21.1 Å². The first-order valence-corrected chi connectivity index (χ1v) is 8.35. The van der Waals surface area contributed by atoms with Gasteiger partial charge < -0.3 is 14.8 Å². The Balaban J connectivity index is 3.30. The Morgan fingerprint density at radius 1 is 1.22 bits per heavy atom. The summed E-state index contributed by atoms with van der Waals surface area (Å²) in [6.07, 6.45) is 0. The van der Waals surface area contributed by atoms with Crippen LogP contribution in [0.15, 0.2) is 0 Å². The molecule has 0 atom stereocenters. The molecule has 8 heteroatoms. The van der Waals surface area contributed by atoms with E-state index in [0.717, 1.165) is 11.3 Å². The van der Waals surface area contributed by atoms with E-state index in [0.29, 0.717) is 5.56 Å². The van der Waals surface area contributed by atoms with Crippen LogP contribution in [0.25, 0.3) is 0 Å². The van der Waals surface area contributed by atoms with Crippen molar-refractivity contribution in [3.63, 3.8) is 0 Å². The van der Waals surface area contributed by atoms with Gasteiger partial charge in [-0.25, -0.2) is 9.59 Å². The number of hydrogen-bond donors (Lipinski definition) is 1. The summed E-state index contributed by atoms with van der Waals surface area (Å²) >= 11 is 6.45. The van der Waals surface area contributed by atoms with E-state index in [2.05, 4.69) is 5.32 Å². The third-order valence-electron chi connectivity index (χ3n) is 2.58. The monoisotopic (exact) mass is 361 g/mol. The number of rotatable bonds is 5. The highest BCUT2D eigenvalue weighted by molar-refractivity contribution is 7.18. The van der Waals surface area contributed by atoms with Crippen LogP contribution in [0.1, 0.15) is 53.3 Å². The molecule has 0 spiro atoms. The Morgan fingerprint density at radius 2 is 1.83 bits per heavy atom. The molecular weight excluding hydrogens is 342 g/mol. The lowest BCUT2D eigenvalue weighted by molar-refractivity contribution is -0.113. The number of amides is 1. The van der Waals surface area contributed by atoms with E-state index in [9.17, 15) is 14.4 Å². The average Bonchev–Trinajstić information content (AvgIpc) is 2.73. The maximum absolute atomic E-state index is 12.4. The number of ether oxygens (including phenoxy) is 2. The van der Waals surface area contributed by atoms with Crippen molar-refractivity contribution in [2.45, 2.75) is 40.2 Å². The molecule has 1 N–H and O–H groups in total. The fraction of sp³-hybridized carbons (Fsp3) is 0.533. The first-order chi connectivity index (χ1) is 10.6. The average molecular weight is 362 g/mol. The Kier molecular flexibility index (Phi) is 6.58. The maximum Gasteiger partial charge on any atom is 0.348 e. The van der Waals surface area contributed by atoms with E-state index in [1.165, 1.54) is 0 Å². The molecule has 0 bridgehead atoms. The normalized spacial score (nSPS) is 11.0. The summed E-state index contributed by atoms with van der Waals surface area (Å²) in [4.78, 5) is 36.2. The summed E-state index contributed by atoms with van der Waals surface area (Å²) in [6.45, 7) is 8.70. The molecule has 1 heterocycles. The number of esters is 2. The molecule has 6 nitrogen and oxygen atoms in total. The summed E-state index contributed by atoms with van der Waals surface area (Å²) in [7, 11) is 0. The Hall–Kier alpha value is -1.60. The van der Waals surface area contributed by atoms with Gasteiger partial charge in [-0.15, -0.1) is 22.9 Å². The zero-order chi connectivity index (χ0) is 17.8. The minimum absolute atomic E-state index is 0.145. The molecule has 0 fully saturated rings. The van der Waals surface area contributed by atoms with Crippen LogP contribution in [0.5, 0.6) is 0 Å². The van der Waals surface area contributed by atoms with Crippen molar-refractivity contribution in [3.8, 4) is 0 Å². The van der Waals surface area contributed by atoms with Gasteiger partial charge in [-0.1, -0.05) is 0 Å². The summed E-state index contributed by atoms with van der Waals surface area (Å²) in [6, 6.07) is 0. The molecule has 0 aliphatic heterocycles. The van der Waals surface area contributed by atoms with Crippen LogP contribution in [-0.4, -0.2) is 35.9 Å². The number of hydrogen-bond acceptors (Lipinski definition) is 6. The Bertz CT molecular complexity index is 618. The van der Waals surface area contributed by atoms with Crippen LogP contribution >= 0.6 is 22.9 Å². The zero-order valence-corrected chi connectivity index (χ0v) is 15.3. The molecule has 0 unspecified atom stereocenters. The molecule has 1 aromatic rings. The summed E-state index contributed by atoms with van der Waals surface area (Å²) in [5.41, 5.74) is -0.150. The zero-order valence-electron chi connectivity index (χ0n) is 13.7. The van der Waals surface area contributed by atoms with Crippen molar-refractivity contribution >= 4 is 45.8 Å². The number of nitrogens with one attached hydrogen (secondary N) is 1. The van der Waals surface area contributed by atoms with Gasteiger partial charge in [0.2, 0.25) is 5.91 Å². The van der Waals surface area contributed by atoms with Crippen LogP contribution in [-0.2, 0) is 14.3 Å². The topological polar surface area (TPSA) is 81.7 Å². The second kappa shape index (κ2) is 7.79. The number of thiophene rings is 1. The molecule has 0 aliphatic carbocycles. The molecular formula is C15H20ClNO5S. The molecule has 0 aromatic carbocycles. The van der Waals surface area contributed by atoms with Crippen molar-refractivity contribution in [2.24, 2.45) is 0 Å². The molecule has 0 saturated heterocycles. The van der Waals surface area contributed by atoms with E-state index < -0.39 is 23.4 Å². The number of carbonyl (C=O) groups is 3. The quantitative estimate of drug-likeness (QED) is 0.642. The van der Waals surface area contributed by atoms with Crippen LogP contribution in [0.4, 0.5) is 5.00 Å². The highest BCUT2D eigenvalue weighted by Gasteiger charge is 2.29. The van der Waals surface area contributed by atoms with Gasteiger partial charge in [0.25, 0.3) is 0 Å². The first kappa shape index (κ1) is 19.4. The van der Waals surface area contributed by atoms with Crippen LogP contribution in [0, 0.1) is 6.92 Å². The maximum atomic E-state index is 12.4. The first-order valence-electron chi connectivity index (χ1n) is 7.00. The molecule has 1 rings (SSSR count). The lowest BCUT2D eigenvalue weighted by atomic mass is 10.1. The van der Waals surface area contributed by atoms with Crippen LogP contribution in [0.3, 0.4) is 0 Å². The highest BCUT2D eigenvalue weighted by atomic mass is 35.5. The Morgan fingerprint density at radius 3 is 2.30 bits per heavy atom. The molecule has 0 saturated carbocycles. The largest absolute Gasteiger partial charge is 0.462 e. The second-order valence-electron chi connectivity index (χ2n) is 5.66. The Labute approximate surface area is 144 Å². The van der Waals surface area contributed by atoms with E-state index in [1.54, 1.807) is 34.6 Å². The number of carbonyl (C=O) groups excluding carboxylic acids is 3. The lowest BCUT2D eigenvalue weighted by Crippen LogP contribution is -2.25. The van der Waals surface area contributed by atoms with Gasteiger partial charge >= 0.3 is 11.9 Å². The van der Waals surface area contributed by atoms with E-state index >= 15 is 0 Å². The van der Waals surface area contributed by atoms with Gasteiger partial charge in [-0.3, -0.25) is 4.79 Å². The summed E-state index contributed by atoms with van der Waals surface area (Å²) in [5.74, 6) is -1.91. The van der Waals surface area contributed by atoms with Crippen LogP contribution < -0.4 is 5.32 Å². The van der Waals surface area contributed by atoms with Gasteiger partial charge in [0.1, 0.15) is 21.4 Å². The number of halogens is 1. The predicted molar refractivity (Wildman–Crippen MR) is 89.5 cm³/mol. The summed E-state index contributed by atoms with van der Waals surface area (Å²) < 4.78 is 10.3. The van der Waals surface area contributed by atoms with Crippen molar-refractivity contribution < 1.29 is 23.9 Å². The van der Waals surface area contributed by atoms with Gasteiger partial charge in [0.15, 0.2) is 0 Å². The van der Waals surface area contributed by atoms with Crippen molar-refractivity contribution in [3.05, 3.63) is 16.0 Å². The standard InChI is InChI=1S/C15H20ClNO5S/c1-6-21-14(20)11-8(2)10(13(19)22-15(3,4)5)12(23-11)17-9(18)7-16/h6-7H2,1-5H3,(H,17,18). The third kappa shape index (κ3) is 5.21.